The predicted octanol–water partition coefficient (Wildman–Crippen LogP) is 4.16. The van der Waals surface area contributed by atoms with Gasteiger partial charge in [0.05, 0.1) is 0 Å². The largest absolute Gasteiger partial charge is 0.125 e. The minimum absolute atomic E-state index is 1.06. The highest BCUT2D eigenvalue weighted by atomic mass is 14.0. The van der Waals surface area contributed by atoms with Crippen molar-refractivity contribution in [1.29, 1.82) is 0 Å². The molecule has 0 aromatic carbocycles. The molecule has 0 fully saturated rings. The maximum atomic E-state index is 3.68. The predicted molar refractivity (Wildman–Crippen MR) is 58.6 cm³/mol. The molecule has 0 radical (unpaired) electrons. The lowest BCUT2D eigenvalue weighted by Crippen LogP contribution is -1.87. The first-order valence-electron chi connectivity index (χ1n) is 5.14. The Balaban J connectivity index is 2.32. The number of hydrogen-bond acceptors (Lipinski definition) is 0. The van der Waals surface area contributed by atoms with Crippen LogP contribution in [0.3, 0.4) is 0 Å². The van der Waals surface area contributed by atoms with Crippen molar-refractivity contribution in [2.75, 3.05) is 0 Å². The van der Waals surface area contributed by atoms with E-state index in [0.29, 0.717) is 0 Å². The summed E-state index contributed by atoms with van der Waals surface area (Å²) in [6, 6.07) is 0. The molecule has 0 amide bonds. The zero-order valence-electron chi connectivity index (χ0n) is 8.26. The molecule has 0 heteroatoms. The molecule has 0 N–H and O–H groups in total. The Kier molecular flexibility index (Phi) is 5.05. The van der Waals surface area contributed by atoms with Gasteiger partial charge in [-0.1, -0.05) is 12.2 Å². The van der Waals surface area contributed by atoms with Crippen molar-refractivity contribution in [1.82, 2.24) is 0 Å². The molecule has 0 saturated carbocycles. The van der Waals surface area contributed by atoms with Crippen LogP contribution in [0.2, 0.25) is 0 Å². The highest BCUT2D eigenvalue weighted by Gasteiger charge is 1.98. The monoisotopic (exact) mass is 174 g/mol. The molecule has 0 heterocycles. The van der Waals surface area contributed by atoms with Gasteiger partial charge in [0, 0.05) is 0 Å². The van der Waals surface area contributed by atoms with Crippen molar-refractivity contribution in [2.24, 2.45) is 0 Å². The lowest BCUT2D eigenvalue weighted by Gasteiger charge is -2.06. The average Bonchev–Trinajstić information content (AvgIpc) is 2.19. The van der Waals surface area contributed by atoms with Gasteiger partial charge >= 0.3 is 0 Å². The molecule has 0 unspecified atom stereocenters. The van der Waals surface area contributed by atoms with Gasteiger partial charge in [0.15, 0.2) is 0 Å². The molecule has 0 saturated heterocycles. The number of hydrogen-bond donors (Lipinski definition) is 0. The maximum absolute atomic E-state index is 3.68. The third-order valence-electron chi connectivity index (χ3n) is 2.23. The molecule has 1 aliphatic rings. The Bertz CT molecular complexity index is 237. The summed E-state index contributed by atoms with van der Waals surface area (Å²) in [6.07, 6.45) is 15.8. The van der Waals surface area contributed by atoms with E-state index in [0.717, 1.165) is 12.8 Å². The molecule has 0 bridgehead atoms. The lowest BCUT2D eigenvalue weighted by molar-refractivity contribution is 0.712. The second-order valence-corrected chi connectivity index (χ2v) is 3.41. The number of allylic oxidation sites excluding steroid dienone is 4. The topological polar surface area (TPSA) is 0 Å². The Morgan fingerprint density at radius 2 is 2.31 bits per heavy atom. The van der Waals surface area contributed by atoms with E-state index in [9.17, 15) is 0 Å². The molecular formula is C13H18. The van der Waals surface area contributed by atoms with Crippen LogP contribution < -0.4 is 0 Å². The maximum Gasteiger partial charge on any atom is -0.0174 e. The molecule has 1 rings (SSSR count). The standard InChI is InChI=1S/C13H18/c1-2-3-4-5-7-10-13-11-8-6-9-12-13/h2,5,10-11H,1,3-4,6,8-9,12H2. The molecule has 0 atom stereocenters. The van der Waals surface area contributed by atoms with Gasteiger partial charge < -0.3 is 0 Å². The van der Waals surface area contributed by atoms with E-state index < -0.39 is 0 Å². The highest BCUT2D eigenvalue weighted by Crippen LogP contribution is 2.17. The van der Waals surface area contributed by atoms with Crippen molar-refractivity contribution in [3.8, 4) is 0 Å². The van der Waals surface area contributed by atoms with Crippen molar-refractivity contribution in [3.05, 3.63) is 42.2 Å². The van der Waals surface area contributed by atoms with Gasteiger partial charge in [0.1, 0.15) is 0 Å². The summed E-state index contributed by atoms with van der Waals surface area (Å²) in [7, 11) is 0. The van der Waals surface area contributed by atoms with E-state index in [-0.39, 0.29) is 0 Å². The van der Waals surface area contributed by atoms with E-state index in [4.69, 9.17) is 0 Å². The first kappa shape index (κ1) is 10.1. The van der Waals surface area contributed by atoms with Crippen LogP contribution in [0.5, 0.6) is 0 Å². The van der Waals surface area contributed by atoms with E-state index in [1.165, 1.54) is 31.3 Å². The molecule has 70 valence electrons. The minimum atomic E-state index is 1.06. The summed E-state index contributed by atoms with van der Waals surface area (Å²) in [4.78, 5) is 0. The number of rotatable bonds is 4. The van der Waals surface area contributed by atoms with Crippen molar-refractivity contribution < 1.29 is 0 Å². The zero-order chi connectivity index (χ0) is 9.36. The molecule has 0 nitrogen and oxygen atoms in total. The van der Waals surface area contributed by atoms with Gasteiger partial charge in [-0.3, -0.25) is 0 Å². The van der Waals surface area contributed by atoms with Crippen LogP contribution in [-0.4, -0.2) is 0 Å². The van der Waals surface area contributed by atoms with Crippen LogP contribution in [-0.2, 0) is 0 Å². The summed E-state index contributed by atoms with van der Waals surface area (Å²) in [5.74, 6) is 0. The van der Waals surface area contributed by atoms with Gasteiger partial charge in [-0.15, -0.1) is 12.3 Å². The van der Waals surface area contributed by atoms with Gasteiger partial charge in [0.25, 0.3) is 0 Å². The van der Waals surface area contributed by atoms with Gasteiger partial charge in [-0.05, 0) is 56.3 Å². The quantitative estimate of drug-likeness (QED) is 0.341. The minimum Gasteiger partial charge on any atom is -0.125 e. The molecular weight excluding hydrogens is 156 g/mol. The van der Waals surface area contributed by atoms with E-state index in [1.54, 1.807) is 0 Å². The summed E-state index contributed by atoms with van der Waals surface area (Å²) in [6.45, 7) is 3.68. The first-order valence-corrected chi connectivity index (χ1v) is 5.14. The SMILES string of the molecule is C=CCCC=C=CC1=CCCCC1. The zero-order valence-corrected chi connectivity index (χ0v) is 8.26. The Labute approximate surface area is 81.4 Å². The second kappa shape index (κ2) is 6.51. The highest BCUT2D eigenvalue weighted by molar-refractivity contribution is 5.19. The summed E-state index contributed by atoms with van der Waals surface area (Å²) >= 11 is 0. The van der Waals surface area contributed by atoms with Crippen LogP contribution >= 0.6 is 0 Å². The van der Waals surface area contributed by atoms with E-state index in [1.807, 2.05) is 6.08 Å². The van der Waals surface area contributed by atoms with Gasteiger partial charge in [-0.2, -0.15) is 0 Å². The third-order valence-corrected chi connectivity index (χ3v) is 2.23. The fourth-order valence-corrected chi connectivity index (χ4v) is 1.44. The van der Waals surface area contributed by atoms with E-state index >= 15 is 0 Å². The Morgan fingerprint density at radius 1 is 1.38 bits per heavy atom. The summed E-state index contributed by atoms with van der Waals surface area (Å²) in [5.41, 5.74) is 4.68. The van der Waals surface area contributed by atoms with Crippen molar-refractivity contribution in [3.63, 3.8) is 0 Å². The summed E-state index contributed by atoms with van der Waals surface area (Å²) in [5, 5.41) is 0. The third kappa shape index (κ3) is 4.55. The van der Waals surface area contributed by atoms with E-state index in [2.05, 4.69) is 30.5 Å². The van der Waals surface area contributed by atoms with Crippen LogP contribution in [0.25, 0.3) is 0 Å². The molecule has 13 heavy (non-hydrogen) atoms. The molecule has 1 aliphatic carbocycles. The smallest absolute Gasteiger partial charge is 0.0174 e. The molecule has 0 aliphatic heterocycles. The molecule has 0 aromatic heterocycles. The normalized spacial score (nSPS) is 15.5. The summed E-state index contributed by atoms with van der Waals surface area (Å²) < 4.78 is 0. The van der Waals surface area contributed by atoms with Crippen LogP contribution in [0.15, 0.2) is 42.2 Å². The second-order valence-electron chi connectivity index (χ2n) is 3.41. The van der Waals surface area contributed by atoms with Crippen molar-refractivity contribution >= 4 is 0 Å². The average molecular weight is 174 g/mol. The van der Waals surface area contributed by atoms with Crippen LogP contribution in [0, 0.1) is 0 Å². The van der Waals surface area contributed by atoms with Crippen LogP contribution in [0.4, 0.5) is 0 Å². The Hall–Kier alpha value is -1.00. The number of unbranched alkanes of at least 4 members (excludes halogenated alkanes) is 1. The molecule has 0 spiro atoms. The fourth-order valence-electron chi connectivity index (χ4n) is 1.44. The first-order chi connectivity index (χ1) is 6.43. The fraction of sp³-hybridized carbons (Fsp3) is 0.462. The van der Waals surface area contributed by atoms with Crippen LogP contribution in [0.1, 0.15) is 38.5 Å². The molecule has 0 aromatic rings. The van der Waals surface area contributed by atoms with Gasteiger partial charge in [0.2, 0.25) is 0 Å². The Morgan fingerprint density at radius 3 is 3.00 bits per heavy atom. The lowest BCUT2D eigenvalue weighted by atomic mass is 10.00. The van der Waals surface area contributed by atoms with Gasteiger partial charge in [-0.25, -0.2) is 0 Å². The van der Waals surface area contributed by atoms with Crippen molar-refractivity contribution in [2.45, 2.75) is 38.5 Å².